The Morgan fingerprint density at radius 1 is 1.31 bits per heavy atom. The zero-order chi connectivity index (χ0) is 9.68. The normalized spacial score (nSPS) is 10.1. The van der Waals surface area contributed by atoms with Crippen molar-refractivity contribution in [1.82, 2.24) is 4.90 Å². The molecule has 0 bridgehead atoms. The summed E-state index contributed by atoms with van der Waals surface area (Å²) < 4.78 is 0. The van der Waals surface area contributed by atoms with Crippen molar-refractivity contribution in [1.29, 1.82) is 0 Å². The molecule has 2 heteroatoms. The van der Waals surface area contributed by atoms with Crippen molar-refractivity contribution in [2.24, 2.45) is 0 Å². The Kier molecular flexibility index (Phi) is 3.90. The van der Waals surface area contributed by atoms with E-state index in [9.17, 15) is 0 Å². The van der Waals surface area contributed by atoms with Crippen LogP contribution in [-0.4, -0.2) is 16.4 Å². The van der Waals surface area contributed by atoms with Crippen molar-refractivity contribution >= 4 is 17.7 Å². The molecule has 0 fully saturated rings. The van der Waals surface area contributed by atoms with Gasteiger partial charge in [-0.2, -0.15) is 0 Å². The first-order valence-corrected chi connectivity index (χ1v) is 4.96. The topological polar surface area (TPSA) is 3.24 Å². The minimum atomic E-state index is 0.470. The van der Waals surface area contributed by atoms with Gasteiger partial charge in [-0.3, -0.25) is 0 Å². The van der Waals surface area contributed by atoms with Gasteiger partial charge in [0, 0.05) is 12.6 Å². The second kappa shape index (κ2) is 4.97. The third-order valence-electron chi connectivity index (χ3n) is 2.01. The van der Waals surface area contributed by atoms with Gasteiger partial charge in [-0.25, -0.2) is 0 Å². The van der Waals surface area contributed by atoms with E-state index in [0.29, 0.717) is 6.04 Å². The van der Waals surface area contributed by atoms with Gasteiger partial charge in [0.2, 0.25) is 0 Å². The Labute approximate surface area is 85.4 Å². The number of hydrogen-bond donors (Lipinski definition) is 0. The predicted molar refractivity (Wildman–Crippen MR) is 60.8 cm³/mol. The van der Waals surface area contributed by atoms with Crippen molar-refractivity contribution in [3.63, 3.8) is 0 Å². The van der Waals surface area contributed by atoms with Gasteiger partial charge in [-0.1, -0.05) is 42.5 Å². The lowest BCUT2D eigenvalue weighted by atomic mass is 10.2. The standard InChI is InChI=1S/C11H15NS/c1-10(2)12(9-13)8-11-6-4-3-5-7-11/h3-7,9-10H,8H2,1-2H3. The molecule has 1 rings (SSSR count). The summed E-state index contributed by atoms with van der Waals surface area (Å²) in [5, 5.41) is 0. The third kappa shape index (κ3) is 3.15. The lowest BCUT2D eigenvalue weighted by Gasteiger charge is -2.23. The largest absolute Gasteiger partial charge is 0.362 e. The Morgan fingerprint density at radius 3 is 2.38 bits per heavy atom. The number of hydrogen-bond acceptors (Lipinski definition) is 1. The van der Waals surface area contributed by atoms with Gasteiger partial charge < -0.3 is 4.90 Å². The maximum atomic E-state index is 4.95. The molecule has 1 aromatic rings. The molecule has 1 aromatic carbocycles. The highest BCUT2D eigenvalue weighted by atomic mass is 32.1. The summed E-state index contributed by atoms with van der Waals surface area (Å²) in [6, 6.07) is 10.8. The molecule has 0 N–H and O–H groups in total. The van der Waals surface area contributed by atoms with Crippen LogP contribution in [0.15, 0.2) is 30.3 Å². The van der Waals surface area contributed by atoms with Crippen LogP contribution in [-0.2, 0) is 6.54 Å². The Bertz CT molecular complexity index is 256. The van der Waals surface area contributed by atoms with Gasteiger partial charge in [0.15, 0.2) is 0 Å². The molecule has 0 radical (unpaired) electrons. The smallest absolute Gasteiger partial charge is 0.0646 e. The van der Waals surface area contributed by atoms with Gasteiger partial charge in [0.25, 0.3) is 0 Å². The first kappa shape index (κ1) is 10.2. The van der Waals surface area contributed by atoms with Gasteiger partial charge in [-0.05, 0) is 19.4 Å². The quantitative estimate of drug-likeness (QED) is 0.676. The van der Waals surface area contributed by atoms with Crippen molar-refractivity contribution in [2.75, 3.05) is 0 Å². The highest BCUT2D eigenvalue weighted by Gasteiger charge is 2.04. The van der Waals surface area contributed by atoms with E-state index in [1.54, 1.807) is 5.49 Å². The molecule has 0 saturated heterocycles. The summed E-state index contributed by atoms with van der Waals surface area (Å²) in [5.41, 5.74) is 3.04. The van der Waals surface area contributed by atoms with E-state index in [1.165, 1.54) is 5.56 Å². The molecule has 1 nitrogen and oxygen atoms in total. The number of thiocarbonyl (C=S) groups is 1. The summed E-state index contributed by atoms with van der Waals surface area (Å²) >= 11 is 4.95. The van der Waals surface area contributed by atoms with E-state index in [-0.39, 0.29) is 0 Å². The Hall–Kier alpha value is -0.890. The van der Waals surface area contributed by atoms with E-state index >= 15 is 0 Å². The van der Waals surface area contributed by atoms with E-state index < -0.39 is 0 Å². The number of rotatable bonds is 4. The zero-order valence-electron chi connectivity index (χ0n) is 8.10. The van der Waals surface area contributed by atoms with Crippen molar-refractivity contribution in [3.8, 4) is 0 Å². The first-order chi connectivity index (χ1) is 6.24. The summed E-state index contributed by atoms with van der Waals surface area (Å²) in [7, 11) is 0. The van der Waals surface area contributed by atoms with Crippen LogP contribution in [0.3, 0.4) is 0 Å². The van der Waals surface area contributed by atoms with Crippen molar-refractivity contribution in [2.45, 2.75) is 26.4 Å². The fourth-order valence-corrected chi connectivity index (χ4v) is 1.45. The molecule has 0 aliphatic carbocycles. The molecule has 0 saturated carbocycles. The van der Waals surface area contributed by atoms with Crippen LogP contribution in [0.2, 0.25) is 0 Å². The molecule has 0 aliphatic heterocycles. The maximum Gasteiger partial charge on any atom is 0.0646 e. The average Bonchev–Trinajstić information content (AvgIpc) is 2.15. The minimum Gasteiger partial charge on any atom is -0.362 e. The molecular weight excluding hydrogens is 178 g/mol. The molecule has 0 aliphatic rings. The molecule has 0 spiro atoms. The van der Waals surface area contributed by atoms with Crippen LogP contribution in [0.4, 0.5) is 0 Å². The van der Waals surface area contributed by atoms with Crippen LogP contribution in [0.1, 0.15) is 19.4 Å². The Balaban J connectivity index is 2.62. The molecule has 0 unspecified atom stereocenters. The zero-order valence-corrected chi connectivity index (χ0v) is 8.92. The lowest BCUT2D eigenvalue weighted by molar-refractivity contribution is 0.358. The maximum absolute atomic E-state index is 4.95. The van der Waals surface area contributed by atoms with Crippen LogP contribution in [0.25, 0.3) is 0 Å². The summed E-state index contributed by atoms with van der Waals surface area (Å²) in [6.07, 6.45) is 0. The second-order valence-corrected chi connectivity index (χ2v) is 3.57. The van der Waals surface area contributed by atoms with Crippen molar-refractivity contribution < 1.29 is 0 Å². The average molecular weight is 193 g/mol. The van der Waals surface area contributed by atoms with Crippen LogP contribution in [0, 0.1) is 0 Å². The minimum absolute atomic E-state index is 0.470. The second-order valence-electron chi connectivity index (χ2n) is 3.36. The first-order valence-electron chi connectivity index (χ1n) is 4.49. The van der Waals surface area contributed by atoms with Gasteiger partial charge in [-0.15, -0.1) is 0 Å². The number of benzene rings is 1. The monoisotopic (exact) mass is 193 g/mol. The summed E-state index contributed by atoms with van der Waals surface area (Å²) in [5.74, 6) is 0. The molecule has 70 valence electrons. The summed E-state index contributed by atoms with van der Waals surface area (Å²) in [4.78, 5) is 2.14. The molecular formula is C11H15NS. The van der Waals surface area contributed by atoms with Crippen LogP contribution >= 0.6 is 12.2 Å². The van der Waals surface area contributed by atoms with Crippen LogP contribution in [0.5, 0.6) is 0 Å². The van der Waals surface area contributed by atoms with E-state index in [2.05, 4.69) is 43.0 Å². The highest BCUT2D eigenvalue weighted by molar-refractivity contribution is 7.78. The van der Waals surface area contributed by atoms with Crippen molar-refractivity contribution in [3.05, 3.63) is 35.9 Å². The number of nitrogens with zero attached hydrogens (tertiary/aromatic N) is 1. The van der Waals surface area contributed by atoms with E-state index in [4.69, 9.17) is 12.2 Å². The molecule has 0 atom stereocenters. The molecule has 0 aromatic heterocycles. The van der Waals surface area contributed by atoms with E-state index in [0.717, 1.165) is 6.54 Å². The van der Waals surface area contributed by atoms with Crippen LogP contribution < -0.4 is 0 Å². The summed E-state index contributed by atoms with van der Waals surface area (Å²) in [6.45, 7) is 5.19. The molecule has 13 heavy (non-hydrogen) atoms. The SMILES string of the molecule is CC(C)N(C=S)Cc1ccccc1. The Morgan fingerprint density at radius 2 is 1.92 bits per heavy atom. The van der Waals surface area contributed by atoms with E-state index in [1.807, 2.05) is 6.07 Å². The fraction of sp³-hybridized carbons (Fsp3) is 0.364. The highest BCUT2D eigenvalue weighted by Crippen LogP contribution is 2.05. The van der Waals surface area contributed by atoms with Gasteiger partial charge in [0.1, 0.15) is 0 Å². The van der Waals surface area contributed by atoms with Gasteiger partial charge in [0.05, 0.1) is 5.49 Å². The van der Waals surface area contributed by atoms with Gasteiger partial charge >= 0.3 is 0 Å². The fourth-order valence-electron chi connectivity index (χ4n) is 1.14. The third-order valence-corrected chi connectivity index (χ3v) is 2.28. The predicted octanol–water partition coefficient (Wildman–Crippen LogP) is 2.85. The molecule has 0 amide bonds. The lowest BCUT2D eigenvalue weighted by Crippen LogP contribution is -2.27. The molecule has 0 heterocycles.